The van der Waals surface area contributed by atoms with Crippen LogP contribution < -0.4 is 5.32 Å². The molecule has 0 aliphatic carbocycles. The molecule has 4 nitrogen and oxygen atoms in total. The van der Waals surface area contributed by atoms with E-state index < -0.39 is 12.8 Å². The Morgan fingerprint density at radius 1 is 1.45 bits per heavy atom. The van der Waals surface area contributed by atoms with Crippen LogP contribution in [0.3, 0.4) is 0 Å². The first-order chi connectivity index (χ1) is 9.39. The summed E-state index contributed by atoms with van der Waals surface area (Å²) in [6.07, 6.45) is -1.78. The summed E-state index contributed by atoms with van der Waals surface area (Å²) in [6.45, 7) is 3.97. The largest absolute Gasteiger partial charge is 0.411 e. The molecule has 116 valence electrons. The van der Waals surface area contributed by atoms with Crippen molar-refractivity contribution in [3.63, 3.8) is 0 Å². The van der Waals surface area contributed by atoms with Crippen molar-refractivity contribution in [1.82, 2.24) is 15.1 Å². The van der Waals surface area contributed by atoms with E-state index in [9.17, 15) is 13.2 Å². The maximum absolute atomic E-state index is 12.2. The molecule has 1 atom stereocenters. The summed E-state index contributed by atoms with van der Waals surface area (Å²) in [7, 11) is 0. The third kappa shape index (κ3) is 5.41. The molecule has 1 N–H and O–H groups in total. The molecule has 0 saturated carbocycles. The molecular formula is C12H19BrF3N3O. The fraction of sp³-hybridized carbons (Fsp3) is 0.750. The lowest BCUT2D eigenvalue weighted by Gasteiger charge is -2.21. The third-order valence-corrected chi connectivity index (χ3v) is 3.26. The number of ether oxygens (including phenoxy) is 1. The molecule has 20 heavy (non-hydrogen) atoms. The molecule has 1 aromatic heterocycles. The van der Waals surface area contributed by atoms with Crippen LogP contribution in [0.4, 0.5) is 13.2 Å². The normalized spacial score (nSPS) is 13.7. The van der Waals surface area contributed by atoms with Crippen molar-refractivity contribution in [3.05, 3.63) is 16.4 Å². The zero-order valence-electron chi connectivity index (χ0n) is 11.5. The SMILES string of the molecule is CCCNC(COCC(F)(F)F)c1c(Br)cnn1CC. The average molecular weight is 358 g/mol. The lowest BCUT2D eigenvalue weighted by Crippen LogP contribution is -2.30. The second-order valence-corrected chi connectivity index (χ2v) is 5.18. The van der Waals surface area contributed by atoms with Gasteiger partial charge in [0.05, 0.1) is 29.0 Å². The number of nitrogens with one attached hydrogen (secondary N) is 1. The number of alkyl halides is 3. The molecule has 0 bridgehead atoms. The predicted molar refractivity (Wildman–Crippen MR) is 73.5 cm³/mol. The van der Waals surface area contributed by atoms with Crippen molar-refractivity contribution < 1.29 is 17.9 Å². The predicted octanol–water partition coefficient (Wildman–Crippen LogP) is 3.29. The number of aryl methyl sites for hydroxylation is 1. The van der Waals surface area contributed by atoms with Crippen LogP contribution >= 0.6 is 15.9 Å². The van der Waals surface area contributed by atoms with E-state index in [0.717, 1.165) is 16.6 Å². The van der Waals surface area contributed by atoms with Crippen LogP contribution in [0.15, 0.2) is 10.7 Å². The Morgan fingerprint density at radius 2 is 2.15 bits per heavy atom. The number of halogens is 4. The van der Waals surface area contributed by atoms with E-state index in [2.05, 4.69) is 26.3 Å². The standard InChI is InChI=1S/C12H19BrF3N3O/c1-3-5-17-10(7-20-8-12(14,15)16)11-9(13)6-18-19(11)4-2/h6,10,17H,3-5,7-8H2,1-2H3. The second-order valence-electron chi connectivity index (χ2n) is 4.33. The van der Waals surface area contributed by atoms with E-state index in [1.165, 1.54) is 0 Å². The summed E-state index contributed by atoms with van der Waals surface area (Å²) < 4.78 is 43.8. The zero-order chi connectivity index (χ0) is 15.2. The first-order valence-electron chi connectivity index (χ1n) is 6.48. The highest BCUT2D eigenvalue weighted by molar-refractivity contribution is 9.10. The Morgan fingerprint density at radius 3 is 2.70 bits per heavy atom. The average Bonchev–Trinajstić information content (AvgIpc) is 2.73. The van der Waals surface area contributed by atoms with Gasteiger partial charge in [-0.2, -0.15) is 18.3 Å². The van der Waals surface area contributed by atoms with Crippen LogP contribution in [-0.2, 0) is 11.3 Å². The first kappa shape index (κ1) is 17.5. The molecule has 0 aliphatic heterocycles. The van der Waals surface area contributed by atoms with Crippen molar-refractivity contribution in [2.24, 2.45) is 0 Å². The van der Waals surface area contributed by atoms with Crippen LogP contribution in [0.5, 0.6) is 0 Å². The highest BCUT2D eigenvalue weighted by Crippen LogP contribution is 2.24. The smallest absolute Gasteiger partial charge is 0.370 e. The van der Waals surface area contributed by atoms with Gasteiger partial charge in [0.1, 0.15) is 6.61 Å². The fourth-order valence-electron chi connectivity index (χ4n) is 1.82. The van der Waals surface area contributed by atoms with Crippen molar-refractivity contribution in [1.29, 1.82) is 0 Å². The molecular weight excluding hydrogens is 339 g/mol. The number of aromatic nitrogens is 2. The van der Waals surface area contributed by atoms with Crippen LogP contribution in [0.25, 0.3) is 0 Å². The molecule has 8 heteroatoms. The van der Waals surface area contributed by atoms with Gasteiger partial charge in [0.15, 0.2) is 0 Å². The van der Waals surface area contributed by atoms with Gasteiger partial charge in [0, 0.05) is 6.54 Å². The topological polar surface area (TPSA) is 39.1 Å². The van der Waals surface area contributed by atoms with Crippen molar-refractivity contribution >= 4 is 15.9 Å². The quantitative estimate of drug-likeness (QED) is 0.775. The molecule has 0 aromatic carbocycles. The summed E-state index contributed by atoms with van der Waals surface area (Å²) in [5, 5.41) is 7.36. The Labute approximate surface area is 124 Å². The Balaban J connectivity index is 2.75. The Kier molecular flexibility index (Phi) is 6.97. The molecule has 1 unspecified atom stereocenters. The van der Waals surface area contributed by atoms with E-state index in [1.54, 1.807) is 10.9 Å². The zero-order valence-corrected chi connectivity index (χ0v) is 13.1. The van der Waals surface area contributed by atoms with Gasteiger partial charge in [0.2, 0.25) is 0 Å². The molecule has 1 rings (SSSR count). The van der Waals surface area contributed by atoms with Crippen molar-refractivity contribution in [3.8, 4) is 0 Å². The lowest BCUT2D eigenvalue weighted by molar-refractivity contribution is -0.175. The maximum Gasteiger partial charge on any atom is 0.411 e. The lowest BCUT2D eigenvalue weighted by atomic mass is 10.2. The molecule has 1 aromatic rings. The highest BCUT2D eigenvalue weighted by atomic mass is 79.9. The van der Waals surface area contributed by atoms with Gasteiger partial charge in [0.25, 0.3) is 0 Å². The van der Waals surface area contributed by atoms with Gasteiger partial charge in [-0.25, -0.2) is 0 Å². The van der Waals surface area contributed by atoms with E-state index in [1.807, 2.05) is 13.8 Å². The molecule has 0 saturated heterocycles. The van der Waals surface area contributed by atoms with Crippen LogP contribution in [0.1, 0.15) is 32.0 Å². The summed E-state index contributed by atoms with van der Waals surface area (Å²) in [5.41, 5.74) is 0.808. The second kappa shape index (κ2) is 7.99. The third-order valence-electron chi connectivity index (χ3n) is 2.65. The first-order valence-corrected chi connectivity index (χ1v) is 7.27. The summed E-state index contributed by atoms with van der Waals surface area (Å²) in [6, 6.07) is -0.325. The van der Waals surface area contributed by atoms with Gasteiger partial charge in [-0.3, -0.25) is 4.68 Å². The van der Waals surface area contributed by atoms with Crippen LogP contribution in [0, 0.1) is 0 Å². The molecule has 0 amide bonds. The van der Waals surface area contributed by atoms with E-state index in [-0.39, 0.29) is 12.6 Å². The van der Waals surface area contributed by atoms with Crippen LogP contribution in [0.2, 0.25) is 0 Å². The summed E-state index contributed by atoms with van der Waals surface area (Å²) in [4.78, 5) is 0. The molecule has 0 aliphatic rings. The maximum atomic E-state index is 12.2. The van der Waals surface area contributed by atoms with Gasteiger partial charge < -0.3 is 10.1 Å². The monoisotopic (exact) mass is 357 g/mol. The Hall–Kier alpha value is -0.600. The van der Waals surface area contributed by atoms with Gasteiger partial charge >= 0.3 is 6.18 Å². The fourth-order valence-corrected chi connectivity index (χ4v) is 2.39. The summed E-state index contributed by atoms with van der Waals surface area (Å²) in [5.74, 6) is 0. The van der Waals surface area contributed by atoms with E-state index in [0.29, 0.717) is 13.1 Å². The Bertz CT molecular complexity index is 409. The number of hydrogen-bond donors (Lipinski definition) is 1. The molecule has 0 spiro atoms. The minimum atomic E-state index is -4.31. The molecule has 0 radical (unpaired) electrons. The number of hydrogen-bond acceptors (Lipinski definition) is 3. The van der Waals surface area contributed by atoms with Crippen LogP contribution in [-0.4, -0.2) is 35.7 Å². The minimum Gasteiger partial charge on any atom is -0.370 e. The molecule has 1 heterocycles. The van der Waals surface area contributed by atoms with Gasteiger partial charge in [-0.15, -0.1) is 0 Å². The van der Waals surface area contributed by atoms with E-state index in [4.69, 9.17) is 4.74 Å². The number of rotatable bonds is 8. The number of nitrogens with zero attached hydrogens (tertiary/aromatic N) is 2. The van der Waals surface area contributed by atoms with Gasteiger partial charge in [-0.1, -0.05) is 6.92 Å². The van der Waals surface area contributed by atoms with Crippen molar-refractivity contribution in [2.45, 2.75) is 39.0 Å². The summed E-state index contributed by atoms with van der Waals surface area (Å²) >= 11 is 3.38. The van der Waals surface area contributed by atoms with Crippen molar-refractivity contribution in [2.75, 3.05) is 19.8 Å². The highest BCUT2D eigenvalue weighted by Gasteiger charge is 2.28. The molecule has 0 fully saturated rings. The van der Waals surface area contributed by atoms with E-state index >= 15 is 0 Å². The van der Waals surface area contributed by atoms with Gasteiger partial charge in [-0.05, 0) is 35.8 Å². The minimum absolute atomic E-state index is 0.0518.